The monoisotopic (exact) mass is 317 g/mol. The summed E-state index contributed by atoms with van der Waals surface area (Å²) in [6.45, 7) is 0.373. The van der Waals surface area contributed by atoms with Crippen LogP contribution in [0.4, 0.5) is 0 Å². The molecule has 0 saturated heterocycles. The highest BCUT2D eigenvalue weighted by Gasteiger charge is 2.08. The molecular formula is C16H16ClN3O2. The van der Waals surface area contributed by atoms with Crippen molar-refractivity contribution < 1.29 is 9.59 Å². The van der Waals surface area contributed by atoms with Crippen LogP contribution in [0.25, 0.3) is 0 Å². The quantitative estimate of drug-likeness (QED) is 0.881. The molecule has 1 aromatic carbocycles. The lowest BCUT2D eigenvalue weighted by atomic mass is 10.1. The van der Waals surface area contributed by atoms with Crippen LogP contribution in [0.1, 0.15) is 26.3 Å². The summed E-state index contributed by atoms with van der Waals surface area (Å²) in [5, 5.41) is 3.13. The van der Waals surface area contributed by atoms with Crippen LogP contribution in [0.2, 0.25) is 5.15 Å². The van der Waals surface area contributed by atoms with Gasteiger partial charge in [0.1, 0.15) is 5.15 Å². The van der Waals surface area contributed by atoms with E-state index in [-0.39, 0.29) is 11.8 Å². The molecule has 0 aliphatic rings. The minimum atomic E-state index is -0.224. The molecule has 1 heterocycles. The molecule has 0 aliphatic carbocycles. The lowest BCUT2D eigenvalue weighted by molar-refractivity contribution is 0.0827. The summed E-state index contributed by atoms with van der Waals surface area (Å²) in [6, 6.07) is 10.3. The van der Waals surface area contributed by atoms with Gasteiger partial charge in [-0.25, -0.2) is 4.98 Å². The zero-order chi connectivity index (χ0) is 16.1. The SMILES string of the molecule is CN(C)C(=O)c1ccc(CNC(=O)c2ccc(Cl)nc2)cc1. The summed E-state index contributed by atoms with van der Waals surface area (Å²) in [6.07, 6.45) is 1.43. The number of hydrogen-bond donors (Lipinski definition) is 1. The fourth-order valence-electron chi connectivity index (χ4n) is 1.82. The van der Waals surface area contributed by atoms with Crippen LogP contribution in [-0.2, 0) is 6.54 Å². The first-order chi connectivity index (χ1) is 10.5. The van der Waals surface area contributed by atoms with Gasteiger partial charge < -0.3 is 10.2 Å². The Hall–Kier alpha value is -2.40. The third kappa shape index (κ3) is 4.05. The maximum atomic E-state index is 11.9. The first-order valence-corrected chi connectivity index (χ1v) is 7.05. The van der Waals surface area contributed by atoms with E-state index in [2.05, 4.69) is 10.3 Å². The Bertz CT molecular complexity index is 667. The third-order valence-electron chi connectivity index (χ3n) is 3.05. The van der Waals surface area contributed by atoms with Crippen LogP contribution in [-0.4, -0.2) is 35.8 Å². The van der Waals surface area contributed by atoms with Crippen molar-refractivity contribution in [2.24, 2.45) is 0 Å². The maximum absolute atomic E-state index is 11.9. The number of aromatic nitrogens is 1. The normalized spacial score (nSPS) is 10.1. The molecule has 0 spiro atoms. The number of rotatable bonds is 4. The standard InChI is InChI=1S/C16H16ClN3O2/c1-20(2)16(22)12-5-3-11(4-6-12)9-19-15(21)13-7-8-14(17)18-10-13/h3-8,10H,9H2,1-2H3,(H,19,21). The van der Waals surface area contributed by atoms with Crippen molar-refractivity contribution in [3.63, 3.8) is 0 Å². The second-order valence-electron chi connectivity index (χ2n) is 4.95. The highest BCUT2D eigenvalue weighted by molar-refractivity contribution is 6.29. The number of carbonyl (C=O) groups excluding carboxylic acids is 2. The van der Waals surface area contributed by atoms with Gasteiger partial charge in [0, 0.05) is 32.4 Å². The average Bonchev–Trinajstić information content (AvgIpc) is 2.53. The van der Waals surface area contributed by atoms with E-state index in [1.807, 2.05) is 12.1 Å². The molecule has 1 N–H and O–H groups in total. The fraction of sp³-hybridized carbons (Fsp3) is 0.188. The topological polar surface area (TPSA) is 62.3 Å². The molecule has 1 aromatic heterocycles. The van der Waals surface area contributed by atoms with Crippen LogP contribution >= 0.6 is 11.6 Å². The van der Waals surface area contributed by atoms with Crippen molar-refractivity contribution in [1.82, 2.24) is 15.2 Å². The minimum Gasteiger partial charge on any atom is -0.348 e. The third-order valence-corrected chi connectivity index (χ3v) is 3.27. The Kier molecular flexibility index (Phi) is 5.12. The van der Waals surface area contributed by atoms with Crippen LogP contribution in [0.3, 0.4) is 0 Å². The van der Waals surface area contributed by atoms with Crippen molar-refractivity contribution >= 4 is 23.4 Å². The zero-order valence-electron chi connectivity index (χ0n) is 12.3. The fourth-order valence-corrected chi connectivity index (χ4v) is 1.93. The number of amides is 2. The van der Waals surface area contributed by atoms with Gasteiger partial charge in [-0.1, -0.05) is 23.7 Å². The molecule has 114 valence electrons. The Balaban J connectivity index is 1.95. The Morgan fingerprint density at radius 3 is 2.27 bits per heavy atom. The Morgan fingerprint density at radius 2 is 1.73 bits per heavy atom. The Labute approximate surface area is 133 Å². The van der Waals surface area contributed by atoms with Crippen molar-refractivity contribution in [1.29, 1.82) is 0 Å². The van der Waals surface area contributed by atoms with Gasteiger partial charge in [-0.3, -0.25) is 9.59 Å². The first-order valence-electron chi connectivity index (χ1n) is 6.67. The van der Waals surface area contributed by atoms with E-state index < -0.39 is 0 Å². The van der Waals surface area contributed by atoms with Crippen molar-refractivity contribution in [3.8, 4) is 0 Å². The number of carbonyl (C=O) groups is 2. The molecular weight excluding hydrogens is 302 g/mol. The smallest absolute Gasteiger partial charge is 0.253 e. The van der Waals surface area contributed by atoms with Crippen LogP contribution in [0.5, 0.6) is 0 Å². The molecule has 0 unspecified atom stereocenters. The minimum absolute atomic E-state index is 0.0529. The van der Waals surface area contributed by atoms with Crippen molar-refractivity contribution in [2.75, 3.05) is 14.1 Å². The molecule has 2 amide bonds. The van der Waals surface area contributed by atoms with Gasteiger partial charge >= 0.3 is 0 Å². The summed E-state index contributed by atoms with van der Waals surface area (Å²) >= 11 is 5.68. The van der Waals surface area contributed by atoms with E-state index in [0.717, 1.165) is 5.56 Å². The highest BCUT2D eigenvalue weighted by atomic mass is 35.5. The van der Waals surface area contributed by atoms with E-state index in [1.54, 1.807) is 38.4 Å². The van der Waals surface area contributed by atoms with E-state index in [0.29, 0.717) is 22.8 Å². The molecule has 6 heteroatoms. The summed E-state index contributed by atoms with van der Waals surface area (Å²) in [5.41, 5.74) is 1.97. The zero-order valence-corrected chi connectivity index (χ0v) is 13.1. The summed E-state index contributed by atoms with van der Waals surface area (Å²) in [7, 11) is 3.41. The van der Waals surface area contributed by atoms with E-state index in [1.165, 1.54) is 11.1 Å². The predicted octanol–water partition coefficient (Wildman–Crippen LogP) is 2.37. The van der Waals surface area contributed by atoms with E-state index >= 15 is 0 Å². The largest absolute Gasteiger partial charge is 0.348 e. The summed E-state index contributed by atoms with van der Waals surface area (Å²) in [5.74, 6) is -0.277. The molecule has 2 aromatic rings. The molecule has 5 nitrogen and oxygen atoms in total. The Morgan fingerprint density at radius 1 is 1.09 bits per heavy atom. The molecule has 0 saturated carbocycles. The molecule has 22 heavy (non-hydrogen) atoms. The van der Waals surface area contributed by atoms with Gasteiger partial charge in [0.25, 0.3) is 11.8 Å². The second-order valence-corrected chi connectivity index (χ2v) is 5.34. The lowest BCUT2D eigenvalue weighted by Crippen LogP contribution is -2.23. The van der Waals surface area contributed by atoms with Gasteiger partial charge in [0.2, 0.25) is 0 Å². The van der Waals surface area contributed by atoms with Gasteiger partial charge in [0.15, 0.2) is 0 Å². The molecule has 0 bridgehead atoms. The first kappa shape index (κ1) is 16.0. The molecule has 0 radical (unpaired) electrons. The number of nitrogens with one attached hydrogen (secondary N) is 1. The van der Waals surface area contributed by atoms with E-state index in [4.69, 9.17) is 11.6 Å². The summed E-state index contributed by atoms with van der Waals surface area (Å²) < 4.78 is 0. The molecule has 0 aliphatic heterocycles. The number of halogens is 1. The number of hydrogen-bond acceptors (Lipinski definition) is 3. The van der Waals surface area contributed by atoms with Gasteiger partial charge in [-0.15, -0.1) is 0 Å². The van der Waals surface area contributed by atoms with Gasteiger partial charge in [-0.2, -0.15) is 0 Å². The molecule has 0 fully saturated rings. The summed E-state index contributed by atoms with van der Waals surface area (Å²) in [4.78, 5) is 29.1. The van der Waals surface area contributed by atoms with Crippen molar-refractivity contribution in [3.05, 3.63) is 64.4 Å². The van der Waals surface area contributed by atoms with E-state index in [9.17, 15) is 9.59 Å². The molecule has 2 rings (SSSR count). The average molecular weight is 318 g/mol. The maximum Gasteiger partial charge on any atom is 0.253 e. The number of benzene rings is 1. The predicted molar refractivity (Wildman–Crippen MR) is 84.9 cm³/mol. The highest BCUT2D eigenvalue weighted by Crippen LogP contribution is 2.08. The van der Waals surface area contributed by atoms with Crippen LogP contribution < -0.4 is 5.32 Å². The van der Waals surface area contributed by atoms with Gasteiger partial charge in [-0.05, 0) is 29.8 Å². The lowest BCUT2D eigenvalue weighted by Gasteiger charge is -2.11. The second kappa shape index (κ2) is 7.04. The number of nitrogens with zero attached hydrogens (tertiary/aromatic N) is 2. The van der Waals surface area contributed by atoms with Crippen molar-refractivity contribution in [2.45, 2.75) is 6.54 Å². The number of pyridine rings is 1. The van der Waals surface area contributed by atoms with Gasteiger partial charge in [0.05, 0.1) is 5.56 Å². The molecule has 0 atom stereocenters. The van der Waals surface area contributed by atoms with Crippen LogP contribution in [0.15, 0.2) is 42.6 Å². The van der Waals surface area contributed by atoms with Crippen LogP contribution in [0, 0.1) is 0 Å².